The molecule has 0 spiro atoms. The van der Waals surface area contributed by atoms with Crippen molar-refractivity contribution in [1.82, 2.24) is 15.0 Å². The van der Waals surface area contributed by atoms with Gasteiger partial charge in [-0.15, -0.1) is 12.6 Å². The fraction of sp³-hybridized carbons (Fsp3) is 0. The molecule has 0 amide bonds. The minimum atomic E-state index is 0.182. The second kappa shape index (κ2) is 4.79. The van der Waals surface area contributed by atoms with Gasteiger partial charge in [0.15, 0.2) is 4.83 Å². The van der Waals surface area contributed by atoms with Gasteiger partial charge in [-0.25, -0.2) is 15.0 Å². The summed E-state index contributed by atoms with van der Waals surface area (Å²) in [7, 11) is 0. The Hall–Kier alpha value is -1.08. The zero-order valence-electron chi connectivity index (χ0n) is 9.26. The molecule has 0 fully saturated rings. The van der Waals surface area contributed by atoms with Crippen LogP contribution in [0.15, 0.2) is 23.2 Å². The number of benzene rings is 1. The molecule has 0 atom stereocenters. The fourth-order valence-electron chi connectivity index (χ4n) is 1.58. The molecule has 0 unspecified atom stereocenters. The lowest BCUT2D eigenvalue weighted by atomic mass is 10.2. The van der Waals surface area contributed by atoms with Crippen LogP contribution in [-0.2, 0) is 0 Å². The highest BCUT2D eigenvalue weighted by Crippen LogP contribution is 2.34. The van der Waals surface area contributed by atoms with Crippen molar-refractivity contribution >= 4 is 63.5 Å². The van der Waals surface area contributed by atoms with Gasteiger partial charge < -0.3 is 5.73 Å². The number of anilines is 1. The first-order chi connectivity index (χ1) is 9.04. The number of thiazole rings is 1. The van der Waals surface area contributed by atoms with Crippen molar-refractivity contribution in [2.75, 3.05) is 5.73 Å². The standard InChI is InChI=1S/C11H6Cl2N4S2/c12-5-2-1-4(3-6(5)13)9-15-7-8(18)16-11(14)17-10(7)19-9/h1-3H,(H3,14,16,17,18). The molecule has 8 heteroatoms. The van der Waals surface area contributed by atoms with Crippen LogP contribution in [0.1, 0.15) is 0 Å². The predicted octanol–water partition coefficient (Wildman–Crippen LogP) is 3.93. The smallest absolute Gasteiger partial charge is 0.222 e. The Morgan fingerprint density at radius 1 is 1.11 bits per heavy atom. The Morgan fingerprint density at radius 2 is 1.89 bits per heavy atom. The molecule has 0 aliphatic rings. The minimum absolute atomic E-state index is 0.182. The summed E-state index contributed by atoms with van der Waals surface area (Å²) in [5.74, 6) is 0.182. The summed E-state index contributed by atoms with van der Waals surface area (Å²) in [6, 6.07) is 5.34. The molecule has 1 aromatic carbocycles. The van der Waals surface area contributed by atoms with Crippen molar-refractivity contribution < 1.29 is 0 Å². The number of hydrogen-bond acceptors (Lipinski definition) is 6. The van der Waals surface area contributed by atoms with Crippen molar-refractivity contribution in [2.45, 2.75) is 5.03 Å². The van der Waals surface area contributed by atoms with Gasteiger partial charge in [0.2, 0.25) is 5.95 Å². The van der Waals surface area contributed by atoms with Gasteiger partial charge in [-0.05, 0) is 12.1 Å². The van der Waals surface area contributed by atoms with Crippen LogP contribution in [0.3, 0.4) is 0 Å². The molecule has 0 aliphatic carbocycles. The summed E-state index contributed by atoms with van der Waals surface area (Å²) in [4.78, 5) is 13.3. The number of nitrogens with two attached hydrogens (primary N) is 1. The number of halogens is 2. The molecule has 0 saturated carbocycles. The summed E-state index contributed by atoms with van der Waals surface area (Å²) in [6.45, 7) is 0. The van der Waals surface area contributed by atoms with Gasteiger partial charge >= 0.3 is 0 Å². The molecular formula is C11H6Cl2N4S2. The molecule has 19 heavy (non-hydrogen) atoms. The van der Waals surface area contributed by atoms with E-state index in [-0.39, 0.29) is 5.95 Å². The van der Waals surface area contributed by atoms with E-state index in [4.69, 9.17) is 28.9 Å². The first kappa shape index (κ1) is 12.9. The average Bonchev–Trinajstić information content (AvgIpc) is 2.76. The van der Waals surface area contributed by atoms with Crippen molar-refractivity contribution in [1.29, 1.82) is 0 Å². The predicted molar refractivity (Wildman–Crippen MR) is 82.3 cm³/mol. The van der Waals surface area contributed by atoms with E-state index in [0.717, 1.165) is 10.6 Å². The van der Waals surface area contributed by atoms with Crippen molar-refractivity contribution in [2.24, 2.45) is 0 Å². The molecule has 0 bridgehead atoms. The van der Waals surface area contributed by atoms with Crippen LogP contribution in [0.4, 0.5) is 5.95 Å². The number of thiol groups is 1. The Kier molecular flexibility index (Phi) is 3.26. The fourth-order valence-corrected chi connectivity index (χ4v) is 3.15. The lowest BCUT2D eigenvalue weighted by Crippen LogP contribution is -1.94. The number of aromatic nitrogens is 3. The highest BCUT2D eigenvalue weighted by molar-refractivity contribution is 7.80. The lowest BCUT2D eigenvalue weighted by Gasteiger charge is -1.98. The molecule has 0 aliphatic heterocycles. The molecule has 3 rings (SSSR count). The van der Waals surface area contributed by atoms with E-state index in [0.29, 0.717) is 25.4 Å². The van der Waals surface area contributed by atoms with Gasteiger partial charge in [-0.3, -0.25) is 0 Å². The quantitative estimate of drug-likeness (QED) is 0.524. The Morgan fingerprint density at radius 3 is 2.63 bits per heavy atom. The average molecular weight is 329 g/mol. The molecule has 4 nitrogen and oxygen atoms in total. The third-order valence-electron chi connectivity index (χ3n) is 2.42. The summed E-state index contributed by atoms with van der Waals surface area (Å²) in [5, 5.41) is 2.22. The summed E-state index contributed by atoms with van der Waals surface area (Å²) < 4.78 is 0. The Bertz CT molecular complexity index is 788. The highest BCUT2D eigenvalue weighted by Gasteiger charge is 2.12. The number of fused-ring (bicyclic) bond motifs is 1. The zero-order valence-corrected chi connectivity index (χ0v) is 12.5. The molecule has 0 radical (unpaired) electrons. The summed E-state index contributed by atoms with van der Waals surface area (Å²) >= 11 is 17.5. The van der Waals surface area contributed by atoms with E-state index in [9.17, 15) is 0 Å². The topological polar surface area (TPSA) is 64.7 Å². The van der Waals surface area contributed by atoms with Crippen molar-refractivity contribution in [3.05, 3.63) is 28.2 Å². The Labute approximate surface area is 128 Å². The third-order valence-corrected chi connectivity index (χ3v) is 4.47. The normalized spacial score (nSPS) is 11.1. The van der Waals surface area contributed by atoms with E-state index < -0.39 is 0 Å². The largest absolute Gasteiger partial charge is 0.368 e. The summed E-state index contributed by atoms with van der Waals surface area (Å²) in [6.07, 6.45) is 0. The maximum atomic E-state index is 6.00. The SMILES string of the molecule is Nc1nc(S)c2nc(-c3ccc(Cl)c(Cl)c3)sc2n1. The number of hydrogen-bond donors (Lipinski definition) is 2. The van der Waals surface area contributed by atoms with E-state index >= 15 is 0 Å². The minimum Gasteiger partial charge on any atom is -0.368 e. The third kappa shape index (κ3) is 2.36. The van der Waals surface area contributed by atoms with Gasteiger partial charge in [0, 0.05) is 5.56 Å². The molecule has 0 saturated heterocycles. The monoisotopic (exact) mass is 328 g/mol. The Balaban J connectivity index is 2.20. The van der Waals surface area contributed by atoms with E-state index in [2.05, 4.69) is 27.6 Å². The van der Waals surface area contributed by atoms with Gasteiger partial charge in [-0.1, -0.05) is 40.6 Å². The maximum absolute atomic E-state index is 6.00. The van der Waals surface area contributed by atoms with Gasteiger partial charge in [0.05, 0.1) is 10.0 Å². The van der Waals surface area contributed by atoms with Crippen LogP contribution in [-0.4, -0.2) is 15.0 Å². The molecule has 96 valence electrons. The van der Waals surface area contributed by atoms with Crippen LogP contribution in [0.2, 0.25) is 10.0 Å². The summed E-state index contributed by atoms with van der Waals surface area (Å²) in [5.41, 5.74) is 7.08. The molecule has 2 aromatic heterocycles. The van der Waals surface area contributed by atoms with Crippen LogP contribution in [0.5, 0.6) is 0 Å². The molecule has 2 N–H and O–H groups in total. The van der Waals surface area contributed by atoms with E-state index in [1.54, 1.807) is 12.1 Å². The molecule has 2 heterocycles. The van der Waals surface area contributed by atoms with Gasteiger partial charge in [0.1, 0.15) is 15.6 Å². The second-order valence-electron chi connectivity index (χ2n) is 3.71. The molecule has 3 aromatic rings. The highest BCUT2D eigenvalue weighted by atomic mass is 35.5. The number of nitrogen functional groups attached to an aromatic ring is 1. The first-order valence-electron chi connectivity index (χ1n) is 5.13. The maximum Gasteiger partial charge on any atom is 0.222 e. The second-order valence-corrected chi connectivity index (χ2v) is 5.92. The van der Waals surface area contributed by atoms with E-state index in [1.165, 1.54) is 11.3 Å². The van der Waals surface area contributed by atoms with E-state index in [1.807, 2.05) is 6.07 Å². The number of rotatable bonds is 1. The van der Waals surface area contributed by atoms with Gasteiger partial charge in [0.25, 0.3) is 0 Å². The molecular weight excluding hydrogens is 323 g/mol. The van der Waals surface area contributed by atoms with Crippen molar-refractivity contribution in [3.63, 3.8) is 0 Å². The first-order valence-corrected chi connectivity index (χ1v) is 7.15. The van der Waals surface area contributed by atoms with Crippen LogP contribution >= 0.6 is 47.2 Å². The van der Waals surface area contributed by atoms with Crippen LogP contribution < -0.4 is 5.73 Å². The zero-order chi connectivity index (χ0) is 13.6. The number of nitrogens with zero attached hydrogens (tertiary/aromatic N) is 3. The van der Waals surface area contributed by atoms with Crippen molar-refractivity contribution in [3.8, 4) is 10.6 Å². The lowest BCUT2D eigenvalue weighted by molar-refractivity contribution is 1.12. The van der Waals surface area contributed by atoms with Crippen LogP contribution in [0, 0.1) is 0 Å². The van der Waals surface area contributed by atoms with Crippen LogP contribution in [0.25, 0.3) is 20.9 Å². The van der Waals surface area contributed by atoms with Gasteiger partial charge in [-0.2, -0.15) is 0 Å².